The second-order valence-corrected chi connectivity index (χ2v) is 7.20. The second kappa shape index (κ2) is 7.97. The summed E-state index contributed by atoms with van der Waals surface area (Å²) in [7, 11) is 0. The molecule has 5 nitrogen and oxygen atoms in total. The van der Waals surface area contributed by atoms with Crippen LogP contribution < -0.4 is 9.70 Å². The third-order valence-electron chi connectivity index (χ3n) is 4.59. The monoisotopic (exact) mass is 406 g/mol. The molecule has 2 aromatic carbocycles. The maximum Gasteiger partial charge on any atom is 0.279 e. The first-order valence-corrected chi connectivity index (χ1v) is 10.1. The minimum atomic E-state index is -0.308. The van der Waals surface area contributed by atoms with E-state index in [4.69, 9.17) is 5.10 Å². The zero-order valence-electron chi connectivity index (χ0n) is 15.9. The summed E-state index contributed by atoms with van der Waals surface area (Å²) in [5.41, 5.74) is 3.54. The van der Waals surface area contributed by atoms with E-state index in [0.717, 1.165) is 22.5 Å². The van der Waals surface area contributed by atoms with Crippen molar-refractivity contribution in [1.29, 1.82) is 0 Å². The zero-order valence-corrected chi connectivity index (χ0v) is 16.7. The van der Waals surface area contributed by atoms with Gasteiger partial charge in [0, 0.05) is 23.1 Å². The molecule has 29 heavy (non-hydrogen) atoms. The van der Waals surface area contributed by atoms with Gasteiger partial charge in [0.25, 0.3) is 5.91 Å². The number of nitrogens with zero attached hydrogens (tertiary/aromatic N) is 4. The molecule has 0 atom stereocenters. The number of amides is 1. The number of para-hydroxylation sites is 1. The van der Waals surface area contributed by atoms with Gasteiger partial charge in [0.05, 0.1) is 17.9 Å². The molecular formula is C22H19FN4OS. The topological polar surface area (TPSA) is 50.0 Å². The molecule has 0 saturated heterocycles. The van der Waals surface area contributed by atoms with Crippen LogP contribution in [0, 0.1) is 5.82 Å². The Bertz CT molecular complexity index is 1170. The number of rotatable bonds is 5. The average molecular weight is 406 g/mol. The molecule has 4 rings (SSSR count). The van der Waals surface area contributed by atoms with E-state index in [2.05, 4.69) is 11.6 Å². The molecule has 1 aliphatic heterocycles. The molecule has 0 aliphatic carbocycles. The van der Waals surface area contributed by atoms with E-state index in [1.807, 2.05) is 36.6 Å². The van der Waals surface area contributed by atoms with Crippen LogP contribution in [0.5, 0.6) is 0 Å². The van der Waals surface area contributed by atoms with Crippen molar-refractivity contribution in [3.8, 4) is 11.3 Å². The van der Waals surface area contributed by atoms with Crippen LogP contribution in [0.2, 0.25) is 0 Å². The minimum Gasteiger partial charge on any atom is -0.307 e. The van der Waals surface area contributed by atoms with E-state index < -0.39 is 0 Å². The lowest BCUT2D eigenvalue weighted by atomic mass is 10.1. The Hall–Kier alpha value is -3.32. The maximum atomic E-state index is 13.4. The van der Waals surface area contributed by atoms with Crippen LogP contribution in [0.4, 0.5) is 10.1 Å². The lowest BCUT2D eigenvalue weighted by Gasteiger charge is -2.13. The molecule has 0 N–H and O–H groups in total. The van der Waals surface area contributed by atoms with Crippen LogP contribution in [-0.2, 0) is 4.79 Å². The van der Waals surface area contributed by atoms with Crippen molar-refractivity contribution in [3.63, 3.8) is 0 Å². The van der Waals surface area contributed by atoms with Gasteiger partial charge < -0.3 is 4.90 Å². The summed E-state index contributed by atoms with van der Waals surface area (Å²) < 4.78 is 15.0. The van der Waals surface area contributed by atoms with Gasteiger partial charge in [-0.25, -0.2) is 9.07 Å². The van der Waals surface area contributed by atoms with Crippen molar-refractivity contribution in [2.75, 3.05) is 18.0 Å². The summed E-state index contributed by atoms with van der Waals surface area (Å²) in [6, 6.07) is 13.8. The molecule has 0 bridgehead atoms. The van der Waals surface area contributed by atoms with Gasteiger partial charge in [0.1, 0.15) is 5.82 Å². The highest BCUT2D eigenvalue weighted by Crippen LogP contribution is 2.29. The molecule has 7 heteroatoms. The van der Waals surface area contributed by atoms with Gasteiger partial charge in [-0.3, -0.25) is 9.79 Å². The zero-order chi connectivity index (χ0) is 20.4. The Morgan fingerprint density at radius 1 is 1.17 bits per heavy atom. The number of aromatic nitrogens is 1. The molecule has 2 heterocycles. The van der Waals surface area contributed by atoms with Gasteiger partial charge in [-0.05, 0) is 37.3 Å². The number of benzene rings is 2. The van der Waals surface area contributed by atoms with Gasteiger partial charge >= 0.3 is 0 Å². The molecule has 1 aromatic heterocycles. The van der Waals surface area contributed by atoms with Crippen LogP contribution in [0.3, 0.4) is 0 Å². The number of hydrogen-bond donors (Lipinski definition) is 0. The summed E-state index contributed by atoms with van der Waals surface area (Å²) in [6.45, 7) is 6.63. The number of fused-ring (bicyclic) bond motifs is 1. The summed E-state index contributed by atoms with van der Waals surface area (Å²) in [5.74, 6) is -0.455. The number of anilines is 1. The molecule has 3 aromatic rings. The Morgan fingerprint density at radius 2 is 1.93 bits per heavy atom. The minimum absolute atomic E-state index is 0.146. The van der Waals surface area contributed by atoms with Gasteiger partial charge in [0.15, 0.2) is 5.71 Å². The molecule has 0 unspecified atom stereocenters. The fourth-order valence-electron chi connectivity index (χ4n) is 3.24. The third kappa shape index (κ3) is 3.45. The van der Waals surface area contributed by atoms with Crippen molar-refractivity contribution in [2.45, 2.75) is 6.92 Å². The van der Waals surface area contributed by atoms with Crippen molar-refractivity contribution in [3.05, 3.63) is 82.7 Å². The van der Waals surface area contributed by atoms with Crippen LogP contribution in [0.25, 0.3) is 11.3 Å². The Morgan fingerprint density at radius 3 is 2.66 bits per heavy atom. The molecule has 1 aliphatic rings. The van der Waals surface area contributed by atoms with E-state index in [1.165, 1.54) is 23.5 Å². The van der Waals surface area contributed by atoms with Gasteiger partial charge in [-0.1, -0.05) is 24.3 Å². The summed E-state index contributed by atoms with van der Waals surface area (Å²) in [4.78, 5) is 19.9. The first-order valence-electron chi connectivity index (χ1n) is 9.22. The molecule has 146 valence electrons. The normalized spacial score (nSPS) is 15.2. The molecule has 0 fully saturated rings. The van der Waals surface area contributed by atoms with Crippen molar-refractivity contribution in [2.24, 2.45) is 10.1 Å². The van der Waals surface area contributed by atoms with Gasteiger partial charge in [-0.2, -0.15) is 5.10 Å². The highest BCUT2D eigenvalue weighted by Gasteiger charge is 2.33. The van der Waals surface area contributed by atoms with Crippen LogP contribution in [0.15, 0.2) is 76.7 Å². The molecule has 0 radical (unpaired) electrons. The Labute approximate surface area is 171 Å². The van der Waals surface area contributed by atoms with E-state index in [1.54, 1.807) is 27.8 Å². The summed E-state index contributed by atoms with van der Waals surface area (Å²) >= 11 is 1.41. The number of hydrogen-bond acceptors (Lipinski definition) is 4. The highest BCUT2D eigenvalue weighted by atomic mass is 32.1. The molecule has 1 amide bonds. The lowest BCUT2D eigenvalue weighted by molar-refractivity contribution is -0.112. The summed E-state index contributed by atoms with van der Waals surface area (Å²) in [5, 5.41) is 6.63. The first-order chi connectivity index (χ1) is 14.1. The predicted molar refractivity (Wildman–Crippen MR) is 115 cm³/mol. The van der Waals surface area contributed by atoms with E-state index in [0.29, 0.717) is 23.6 Å². The van der Waals surface area contributed by atoms with Crippen LogP contribution in [0.1, 0.15) is 12.5 Å². The smallest absolute Gasteiger partial charge is 0.279 e. The largest absolute Gasteiger partial charge is 0.307 e. The van der Waals surface area contributed by atoms with Crippen molar-refractivity contribution in [1.82, 2.24) is 4.68 Å². The summed E-state index contributed by atoms with van der Waals surface area (Å²) in [6.07, 6.45) is 1.70. The number of carbonyl (C=O) groups excluding carboxylic acids is 1. The maximum absolute atomic E-state index is 13.4. The Balaban J connectivity index is 1.92. The second-order valence-electron chi connectivity index (χ2n) is 6.37. The van der Waals surface area contributed by atoms with Gasteiger partial charge in [-0.15, -0.1) is 17.9 Å². The highest BCUT2D eigenvalue weighted by molar-refractivity contribution is 7.07. The fourth-order valence-corrected chi connectivity index (χ4v) is 4.08. The third-order valence-corrected chi connectivity index (χ3v) is 5.45. The van der Waals surface area contributed by atoms with E-state index in [9.17, 15) is 9.18 Å². The number of thiazole rings is 1. The fraction of sp³-hybridized carbons (Fsp3) is 0.136. The Kier molecular flexibility index (Phi) is 5.22. The molecule has 0 saturated carbocycles. The molecular weight excluding hydrogens is 387 g/mol. The van der Waals surface area contributed by atoms with Crippen LogP contribution in [-0.4, -0.2) is 29.4 Å². The molecule has 0 spiro atoms. The van der Waals surface area contributed by atoms with Crippen LogP contribution >= 0.6 is 11.3 Å². The van der Waals surface area contributed by atoms with Crippen molar-refractivity contribution >= 4 is 28.6 Å². The van der Waals surface area contributed by atoms with Crippen molar-refractivity contribution < 1.29 is 9.18 Å². The first kappa shape index (κ1) is 19.0. The van der Waals surface area contributed by atoms with Gasteiger partial charge in [0.2, 0.25) is 4.80 Å². The number of likely N-dealkylation sites (N-methyl/N-ethyl adjacent to an activating group) is 1. The number of carbonyl (C=O) groups is 1. The lowest BCUT2D eigenvalue weighted by Crippen LogP contribution is -2.30. The van der Waals surface area contributed by atoms with E-state index in [-0.39, 0.29) is 11.7 Å². The SMILES string of the molecule is C=CCN=c1scc(-c2ccc(F)cc2)n1N=C1C(=O)N(CC)c2ccccc21. The quantitative estimate of drug-likeness (QED) is 0.590. The van der Waals surface area contributed by atoms with E-state index >= 15 is 0 Å². The predicted octanol–water partition coefficient (Wildman–Crippen LogP) is 4.06. The standard InChI is InChI=1S/C22H19FN4OS/c1-3-13-24-22-27(19(14-29-22)15-9-11-16(23)12-10-15)25-20-17-7-5-6-8-18(17)26(4-2)21(20)28/h3,5-12,14H,1,4,13H2,2H3. The average Bonchev–Trinajstić information content (AvgIpc) is 3.26. The number of halogens is 1.